The van der Waals surface area contributed by atoms with Crippen molar-refractivity contribution >= 4 is 44.0 Å². The van der Waals surface area contributed by atoms with Crippen LogP contribution in [-0.4, -0.2) is 9.55 Å². The maximum Gasteiger partial charge on any atom is 0.153 e. The average molecular weight is 350 g/mol. The van der Waals surface area contributed by atoms with Gasteiger partial charge in [0.1, 0.15) is 0 Å². The maximum absolute atomic E-state index is 6.20. The Morgan fingerprint density at radius 1 is 1.35 bits per heavy atom. The van der Waals surface area contributed by atoms with Crippen LogP contribution in [-0.2, 0) is 0 Å². The molecule has 0 unspecified atom stereocenters. The summed E-state index contributed by atoms with van der Waals surface area (Å²) in [7, 11) is 0. The molecule has 3 rings (SSSR count). The highest BCUT2D eigenvalue weighted by Gasteiger charge is 2.19. The van der Waals surface area contributed by atoms with Gasteiger partial charge in [0.15, 0.2) is 5.82 Å². The fourth-order valence-electron chi connectivity index (χ4n) is 2.38. The lowest BCUT2D eigenvalue weighted by molar-refractivity contribution is 0.625. The number of benzene rings is 1. The van der Waals surface area contributed by atoms with E-state index in [0.717, 1.165) is 37.5 Å². The lowest BCUT2D eigenvalue weighted by Crippen LogP contribution is -2.03. The van der Waals surface area contributed by atoms with Gasteiger partial charge in [-0.05, 0) is 49.9 Å². The Labute approximate surface area is 130 Å². The van der Waals surface area contributed by atoms with Crippen molar-refractivity contribution in [2.45, 2.75) is 26.8 Å². The molecule has 1 aromatic carbocycles. The molecule has 0 spiro atoms. The number of aryl methyl sites for hydroxylation is 1. The number of halogens is 1. The Balaban J connectivity index is 2.35. The predicted molar refractivity (Wildman–Crippen MR) is 90.3 cm³/mol. The first-order valence-corrected chi connectivity index (χ1v) is 8.17. The Hall–Kier alpha value is -1.33. The van der Waals surface area contributed by atoms with E-state index in [2.05, 4.69) is 51.9 Å². The van der Waals surface area contributed by atoms with Gasteiger partial charge >= 0.3 is 0 Å². The fraction of sp³-hybridized carbons (Fsp3) is 0.267. The van der Waals surface area contributed by atoms with E-state index in [1.54, 1.807) is 11.3 Å². The number of nitrogens with zero attached hydrogens (tertiary/aromatic N) is 2. The quantitative estimate of drug-likeness (QED) is 0.707. The van der Waals surface area contributed by atoms with Crippen LogP contribution in [0.2, 0.25) is 0 Å². The number of aromatic nitrogens is 2. The molecule has 0 aliphatic heterocycles. The van der Waals surface area contributed by atoms with Gasteiger partial charge in [-0.1, -0.05) is 15.9 Å². The van der Waals surface area contributed by atoms with Gasteiger partial charge in [0.05, 0.1) is 21.6 Å². The minimum atomic E-state index is 0.331. The van der Waals surface area contributed by atoms with Gasteiger partial charge in [0.2, 0.25) is 0 Å². The van der Waals surface area contributed by atoms with Crippen molar-refractivity contribution in [2.75, 3.05) is 5.73 Å². The van der Waals surface area contributed by atoms with Gasteiger partial charge in [-0.25, -0.2) is 4.98 Å². The second-order valence-electron chi connectivity index (χ2n) is 5.19. The van der Waals surface area contributed by atoms with Gasteiger partial charge < -0.3 is 10.3 Å². The third kappa shape index (κ3) is 2.05. The zero-order valence-electron chi connectivity index (χ0n) is 11.6. The van der Waals surface area contributed by atoms with Crippen molar-refractivity contribution in [3.8, 4) is 10.7 Å². The summed E-state index contributed by atoms with van der Waals surface area (Å²) in [5, 5.41) is 2.09. The molecule has 2 N–H and O–H groups in total. The van der Waals surface area contributed by atoms with E-state index in [9.17, 15) is 0 Å². The van der Waals surface area contributed by atoms with E-state index in [-0.39, 0.29) is 0 Å². The van der Waals surface area contributed by atoms with Crippen molar-refractivity contribution in [1.29, 1.82) is 0 Å². The molecule has 0 bridgehead atoms. The minimum absolute atomic E-state index is 0.331. The van der Waals surface area contributed by atoms with Crippen LogP contribution in [0.4, 0.5) is 5.69 Å². The summed E-state index contributed by atoms with van der Waals surface area (Å²) < 4.78 is 3.30. The third-order valence-corrected chi connectivity index (χ3v) is 5.00. The van der Waals surface area contributed by atoms with Crippen molar-refractivity contribution < 1.29 is 0 Å². The summed E-state index contributed by atoms with van der Waals surface area (Å²) in [5.41, 5.74) is 10.3. The number of nitrogen functional groups attached to an aromatic ring is 1. The third-order valence-electron chi connectivity index (χ3n) is 3.39. The first kappa shape index (κ1) is 13.6. The molecule has 0 atom stereocenters. The number of nitrogens with two attached hydrogens (primary N) is 1. The second kappa shape index (κ2) is 4.90. The average Bonchev–Trinajstić information content (AvgIpc) is 2.90. The maximum atomic E-state index is 6.20. The summed E-state index contributed by atoms with van der Waals surface area (Å²) in [6.07, 6.45) is 0. The zero-order valence-corrected chi connectivity index (χ0v) is 14.0. The smallest absolute Gasteiger partial charge is 0.153 e. The van der Waals surface area contributed by atoms with Crippen LogP contribution in [0.25, 0.3) is 21.7 Å². The van der Waals surface area contributed by atoms with Crippen molar-refractivity contribution in [2.24, 2.45) is 0 Å². The fourth-order valence-corrected chi connectivity index (χ4v) is 3.69. The van der Waals surface area contributed by atoms with Crippen LogP contribution in [0, 0.1) is 6.92 Å². The monoisotopic (exact) mass is 349 g/mol. The van der Waals surface area contributed by atoms with Crippen molar-refractivity contribution in [1.82, 2.24) is 9.55 Å². The van der Waals surface area contributed by atoms with Crippen LogP contribution in [0.3, 0.4) is 0 Å². The molecule has 0 saturated heterocycles. The molecule has 2 heterocycles. The van der Waals surface area contributed by atoms with Gasteiger partial charge in [-0.3, -0.25) is 0 Å². The topological polar surface area (TPSA) is 43.8 Å². The van der Waals surface area contributed by atoms with Crippen LogP contribution in [0.5, 0.6) is 0 Å². The Morgan fingerprint density at radius 2 is 2.10 bits per heavy atom. The first-order valence-electron chi connectivity index (χ1n) is 6.50. The highest BCUT2D eigenvalue weighted by atomic mass is 79.9. The van der Waals surface area contributed by atoms with Crippen LogP contribution < -0.4 is 5.73 Å². The molecule has 0 amide bonds. The highest BCUT2D eigenvalue weighted by Crippen LogP contribution is 2.37. The molecule has 3 nitrogen and oxygen atoms in total. The summed E-state index contributed by atoms with van der Waals surface area (Å²) in [5.74, 6) is 0.962. The molecule has 0 aliphatic carbocycles. The summed E-state index contributed by atoms with van der Waals surface area (Å²) >= 11 is 5.17. The number of imidazole rings is 1. The van der Waals surface area contributed by atoms with Gasteiger partial charge in [-0.2, -0.15) is 0 Å². The molecule has 0 saturated carbocycles. The van der Waals surface area contributed by atoms with Crippen LogP contribution >= 0.6 is 27.3 Å². The molecule has 2 aromatic heterocycles. The number of hydrogen-bond acceptors (Lipinski definition) is 3. The molecule has 104 valence electrons. The van der Waals surface area contributed by atoms with Crippen LogP contribution in [0.15, 0.2) is 28.1 Å². The van der Waals surface area contributed by atoms with Gasteiger partial charge in [0, 0.05) is 10.5 Å². The number of thiophene rings is 1. The Kier molecular flexibility index (Phi) is 3.34. The Bertz CT molecular complexity index is 786. The van der Waals surface area contributed by atoms with Crippen LogP contribution in [0.1, 0.15) is 25.5 Å². The summed E-state index contributed by atoms with van der Waals surface area (Å²) in [4.78, 5) is 5.86. The highest BCUT2D eigenvalue weighted by molar-refractivity contribution is 9.10. The number of fused-ring (bicyclic) bond motifs is 1. The molecule has 3 aromatic rings. The summed E-state index contributed by atoms with van der Waals surface area (Å²) in [6, 6.07) is 6.54. The number of anilines is 1. The number of hydrogen-bond donors (Lipinski definition) is 1. The van der Waals surface area contributed by atoms with Crippen molar-refractivity contribution in [3.63, 3.8) is 0 Å². The lowest BCUT2D eigenvalue weighted by atomic mass is 10.2. The Morgan fingerprint density at radius 3 is 2.70 bits per heavy atom. The van der Waals surface area contributed by atoms with E-state index < -0.39 is 0 Å². The second-order valence-corrected chi connectivity index (χ2v) is 6.99. The largest absolute Gasteiger partial charge is 0.397 e. The summed E-state index contributed by atoms with van der Waals surface area (Å²) in [6.45, 7) is 6.38. The van der Waals surface area contributed by atoms with E-state index in [4.69, 9.17) is 10.7 Å². The molecular formula is C15H16BrN3S. The molecular weight excluding hydrogens is 334 g/mol. The molecule has 0 aliphatic rings. The van der Waals surface area contributed by atoms with E-state index in [1.807, 2.05) is 13.0 Å². The van der Waals surface area contributed by atoms with Gasteiger partial charge in [-0.15, -0.1) is 11.3 Å². The number of rotatable bonds is 2. The zero-order chi connectivity index (χ0) is 14.4. The minimum Gasteiger partial charge on any atom is -0.397 e. The SMILES string of the molecule is Cc1csc(-c2nc3cc(Br)ccc3n2C(C)C)c1N. The molecule has 20 heavy (non-hydrogen) atoms. The standard InChI is InChI=1S/C15H16BrN3S/c1-8(2)19-12-5-4-10(16)6-11(12)18-15(19)14-13(17)9(3)7-20-14/h4-8H,17H2,1-3H3. The van der Waals surface area contributed by atoms with Gasteiger partial charge in [0.25, 0.3) is 0 Å². The normalized spacial score (nSPS) is 11.7. The predicted octanol–water partition coefficient (Wildman–Crippen LogP) is 5.00. The molecule has 5 heteroatoms. The molecule has 0 radical (unpaired) electrons. The first-order chi connectivity index (χ1) is 9.49. The van der Waals surface area contributed by atoms with E-state index >= 15 is 0 Å². The van der Waals surface area contributed by atoms with Crippen molar-refractivity contribution in [3.05, 3.63) is 33.6 Å². The molecule has 0 fully saturated rings. The lowest BCUT2D eigenvalue weighted by Gasteiger charge is -2.12. The van der Waals surface area contributed by atoms with E-state index in [1.165, 1.54) is 0 Å². The van der Waals surface area contributed by atoms with E-state index in [0.29, 0.717) is 6.04 Å².